The number of methoxy groups -OCH3 is 3. The highest BCUT2D eigenvalue weighted by molar-refractivity contribution is 7.90. The zero-order valence-electron chi connectivity index (χ0n) is 17.3. The normalized spacial score (nSPS) is 17.2. The first-order valence-corrected chi connectivity index (χ1v) is 11.0. The minimum atomic E-state index is -4.01. The Morgan fingerprint density at radius 1 is 0.871 bits per heavy atom. The summed E-state index contributed by atoms with van der Waals surface area (Å²) in [6, 6.07) is 14.8. The summed E-state index contributed by atoms with van der Waals surface area (Å²) in [5.41, 5.74) is -1.13. The number of hydrogen-bond donors (Lipinski definition) is 1. The van der Waals surface area contributed by atoms with Gasteiger partial charge in [0, 0.05) is 19.6 Å². The molecule has 1 aliphatic rings. The Morgan fingerprint density at radius 3 is 2.10 bits per heavy atom. The van der Waals surface area contributed by atoms with Crippen LogP contribution in [-0.4, -0.2) is 44.6 Å². The van der Waals surface area contributed by atoms with E-state index in [0.717, 1.165) is 0 Å². The van der Waals surface area contributed by atoms with Crippen LogP contribution >= 0.6 is 0 Å². The predicted molar refractivity (Wildman–Crippen MR) is 116 cm³/mol. The summed E-state index contributed by atoms with van der Waals surface area (Å²) < 4.78 is 44.4. The lowest BCUT2D eigenvalue weighted by atomic mass is 9.92. The molecule has 0 saturated heterocycles. The van der Waals surface area contributed by atoms with Crippen molar-refractivity contribution < 1.29 is 27.7 Å². The molecule has 4 rings (SSSR count). The lowest BCUT2D eigenvalue weighted by Gasteiger charge is -2.32. The molecule has 0 aliphatic heterocycles. The molecule has 0 amide bonds. The molecule has 8 heteroatoms. The molecule has 3 aromatic rings. The van der Waals surface area contributed by atoms with Crippen molar-refractivity contribution in [3.05, 3.63) is 84.6 Å². The van der Waals surface area contributed by atoms with Crippen LogP contribution in [0.25, 0.3) is 10.9 Å². The van der Waals surface area contributed by atoms with Gasteiger partial charge in [-0.05, 0) is 60.7 Å². The van der Waals surface area contributed by atoms with Gasteiger partial charge in [0.25, 0.3) is 10.0 Å². The van der Waals surface area contributed by atoms with Crippen LogP contribution in [-0.2, 0) is 25.1 Å². The van der Waals surface area contributed by atoms with Crippen molar-refractivity contribution >= 4 is 20.9 Å². The van der Waals surface area contributed by atoms with Gasteiger partial charge in [-0.1, -0.05) is 18.2 Å². The maximum absolute atomic E-state index is 13.6. The first-order valence-electron chi connectivity index (χ1n) is 9.53. The SMILES string of the molecule is COc1ccc2c(c1)cc(C1(O)C=CC(OC)(OC)C=C1)n2S(=O)(=O)c1ccccc1. The van der Waals surface area contributed by atoms with Gasteiger partial charge < -0.3 is 19.3 Å². The molecule has 0 saturated carbocycles. The van der Waals surface area contributed by atoms with Gasteiger partial charge in [0.05, 0.1) is 23.2 Å². The summed E-state index contributed by atoms with van der Waals surface area (Å²) in [5, 5.41) is 12.1. The molecule has 1 aliphatic carbocycles. The smallest absolute Gasteiger partial charge is 0.268 e. The zero-order valence-corrected chi connectivity index (χ0v) is 18.2. The second kappa shape index (κ2) is 7.65. The number of aromatic nitrogens is 1. The molecule has 31 heavy (non-hydrogen) atoms. The molecule has 0 atom stereocenters. The van der Waals surface area contributed by atoms with Gasteiger partial charge in [0.15, 0.2) is 0 Å². The lowest BCUT2D eigenvalue weighted by molar-refractivity contribution is -0.136. The van der Waals surface area contributed by atoms with Gasteiger partial charge in [0.1, 0.15) is 11.4 Å². The van der Waals surface area contributed by atoms with E-state index in [9.17, 15) is 13.5 Å². The van der Waals surface area contributed by atoms with Gasteiger partial charge in [-0.25, -0.2) is 12.4 Å². The summed E-state index contributed by atoms with van der Waals surface area (Å²) in [6.45, 7) is 0. The monoisotopic (exact) mass is 441 g/mol. The van der Waals surface area contributed by atoms with Crippen molar-refractivity contribution in [1.29, 1.82) is 0 Å². The molecule has 0 spiro atoms. The number of aliphatic hydroxyl groups is 1. The number of nitrogens with zero attached hydrogens (tertiary/aromatic N) is 1. The number of ether oxygens (including phenoxy) is 3. The highest BCUT2D eigenvalue weighted by Crippen LogP contribution is 2.38. The van der Waals surface area contributed by atoms with E-state index in [1.54, 1.807) is 54.6 Å². The fourth-order valence-electron chi connectivity index (χ4n) is 3.65. The van der Waals surface area contributed by atoms with E-state index in [4.69, 9.17) is 14.2 Å². The van der Waals surface area contributed by atoms with Crippen molar-refractivity contribution in [2.45, 2.75) is 16.3 Å². The van der Waals surface area contributed by atoms with Crippen LogP contribution in [0.1, 0.15) is 5.69 Å². The van der Waals surface area contributed by atoms with Crippen molar-refractivity contribution in [1.82, 2.24) is 3.97 Å². The van der Waals surface area contributed by atoms with Gasteiger partial charge >= 0.3 is 0 Å². The van der Waals surface area contributed by atoms with Gasteiger partial charge in [0.2, 0.25) is 5.79 Å². The highest BCUT2D eigenvalue weighted by atomic mass is 32.2. The first-order chi connectivity index (χ1) is 14.8. The van der Waals surface area contributed by atoms with Crippen molar-refractivity contribution in [3.8, 4) is 5.75 Å². The Labute approximate surface area is 180 Å². The van der Waals surface area contributed by atoms with Crippen LogP contribution in [0.5, 0.6) is 5.75 Å². The summed E-state index contributed by atoms with van der Waals surface area (Å²) in [5.74, 6) is -0.558. The maximum atomic E-state index is 13.6. The zero-order chi connectivity index (χ0) is 22.3. The van der Waals surface area contributed by atoms with E-state index >= 15 is 0 Å². The molecule has 7 nitrogen and oxygen atoms in total. The fraction of sp³-hybridized carbons (Fsp3) is 0.217. The highest BCUT2D eigenvalue weighted by Gasteiger charge is 2.38. The third kappa shape index (κ3) is 3.47. The average molecular weight is 442 g/mol. The van der Waals surface area contributed by atoms with E-state index in [1.165, 1.54) is 49.6 Å². The maximum Gasteiger partial charge on any atom is 0.268 e. The Hall–Kier alpha value is -2.91. The molecule has 0 bridgehead atoms. The van der Waals surface area contributed by atoms with Crippen LogP contribution in [0.3, 0.4) is 0 Å². The number of benzene rings is 2. The van der Waals surface area contributed by atoms with E-state index in [1.807, 2.05) is 0 Å². The molecule has 0 fully saturated rings. The number of rotatable bonds is 6. The van der Waals surface area contributed by atoms with E-state index < -0.39 is 21.4 Å². The summed E-state index contributed by atoms with van der Waals surface area (Å²) in [4.78, 5) is 0.111. The molecular formula is C23H23NO6S. The van der Waals surface area contributed by atoms with Crippen LogP contribution < -0.4 is 4.74 Å². The van der Waals surface area contributed by atoms with Crippen molar-refractivity contribution in [3.63, 3.8) is 0 Å². The summed E-state index contributed by atoms with van der Waals surface area (Å²) in [6.07, 6.45) is 6.01. The molecule has 2 aromatic carbocycles. The number of fused-ring (bicyclic) bond motifs is 1. The predicted octanol–water partition coefficient (Wildman–Crippen LogP) is 3.19. The Bertz CT molecular complexity index is 1250. The van der Waals surface area contributed by atoms with Crippen molar-refractivity contribution in [2.24, 2.45) is 0 Å². The largest absolute Gasteiger partial charge is 0.497 e. The van der Waals surface area contributed by atoms with Crippen LogP contribution in [0, 0.1) is 0 Å². The Kier molecular flexibility index (Phi) is 5.26. The van der Waals surface area contributed by atoms with Crippen molar-refractivity contribution in [2.75, 3.05) is 21.3 Å². The van der Waals surface area contributed by atoms with E-state index in [2.05, 4.69) is 0 Å². The second-order valence-electron chi connectivity index (χ2n) is 7.16. The minimum absolute atomic E-state index is 0.111. The van der Waals surface area contributed by atoms with Crippen LogP contribution in [0.2, 0.25) is 0 Å². The molecule has 1 heterocycles. The third-order valence-electron chi connectivity index (χ3n) is 5.43. The average Bonchev–Trinajstić information content (AvgIpc) is 3.21. The Morgan fingerprint density at radius 2 is 1.52 bits per heavy atom. The third-order valence-corrected chi connectivity index (χ3v) is 7.18. The van der Waals surface area contributed by atoms with Gasteiger partial charge in [-0.15, -0.1) is 0 Å². The lowest BCUT2D eigenvalue weighted by Crippen LogP contribution is -2.36. The van der Waals surface area contributed by atoms with Crippen LogP contribution in [0.4, 0.5) is 0 Å². The van der Waals surface area contributed by atoms with Gasteiger partial charge in [-0.3, -0.25) is 0 Å². The second-order valence-corrected chi connectivity index (χ2v) is 8.95. The molecule has 162 valence electrons. The molecule has 1 N–H and O–H groups in total. The number of hydrogen-bond acceptors (Lipinski definition) is 6. The summed E-state index contributed by atoms with van der Waals surface area (Å²) >= 11 is 0. The van der Waals surface area contributed by atoms with E-state index in [-0.39, 0.29) is 10.6 Å². The standard InChI is InChI=1S/C23H23NO6S/c1-28-18-9-10-20-17(15-18)16-21(22(25)11-13-23(29-2,30-3)14-12-22)24(20)31(26,27)19-7-5-4-6-8-19/h4-16,25H,1-3H3. The topological polar surface area (TPSA) is 87.0 Å². The first kappa shape index (κ1) is 21.3. The molecule has 0 unspecified atom stereocenters. The van der Waals surface area contributed by atoms with E-state index in [0.29, 0.717) is 16.7 Å². The molecular weight excluding hydrogens is 418 g/mol. The quantitative estimate of drug-likeness (QED) is 0.467. The summed E-state index contributed by atoms with van der Waals surface area (Å²) in [7, 11) is 0.478. The minimum Gasteiger partial charge on any atom is -0.497 e. The molecule has 0 radical (unpaired) electrons. The van der Waals surface area contributed by atoms with Gasteiger partial charge in [-0.2, -0.15) is 0 Å². The molecule has 1 aromatic heterocycles. The fourth-order valence-corrected chi connectivity index (χ4v) is 5.25. The Balaban J connectivity index is 1.98. The van der Waals surface area contributed by atoms with Crippen LogP contribution in [0.15, 0.2) is 83.8 Å².